The van der Waals surface area contributed by atoms with Crippen molar-refractivity contribution in [3.63, 3.8) is 0 Å². The van der Waals surface area contributed by atoms with Crippen molar-refractivity contribution < 1.29 is 9.84 Å². The minimum absolute atomic E-state index is 0.192. The molecule has 0 aliphatic carbocycles. The van der Waals surface area contributed by atoms with Crippen LogP contribution in [0, 0.1) is 0 Å². The molecule has 0 bridgehead atoms. The number of hydrogen-bond donors (Lipinski definition) is 1. The van der Waals surface area contributed by atoms with Crippen LogP contribution in [0.1, 0.15) is 20.3 Å². The van der Waals surface area contributed by atoms with Crippen molar-refractivity contribution in [2.45, 2.75) is 26.3 Å². The Morgan fingerprint density at radius 3 is 2.70 bits per heavy atom. The van der Waals surface area contributed by atoms with Gasteiger partial charge in [0.1, 0.15) is 11.6 Å². The van der Waals surface area contributed by atoms with Crippen LogP contribution in [0.3, 0.4) is 0 Å². The molecule has 0 aliphatic rings. The summed E-state index contributed by atoms with van der Waals surface area (Å²) in [7, 11) is 1.68. The predicted octanol–water partition coefficient (Wildman–Crippen LogP) is 2.84. The number of methoxy groups -OCH3 is 1. The van der Waals surface area contributed by atoms with Gasteiger partial charge in [0.25, 0.3) is 0 Å². The number of anilines is 1. The highest BCUT2D eigenvalue weighted by Gasteiger charge is 2.15. The summed E-state index contributed by atoms with van der Waals surface area (Å²) in [6, 6.07) is 8.30. The van der Waals surface area contributed by atoms with Crippen LogP contribution in [0.4, 0.5) is 5.82 Å². The maximum atomic E-state index is 9.07. The van der Waals surface area contributed by atoms with Gasteiger partial charge in [-0.2, -0.15) is 0 Å². The molecule has 0 amide bonds. The molecule has 4 nitrogen and oxygen atoms in total. The molecule has 0 saturated carbocycles. The van der Waals surface area contributed by atoms with E-state index in [4.69, 9.17) is 9.84 Å². The molecule has 108 valence electrons. The quantitative estimate of drug-likeness (QED) is 0.880. The second-order valence-corrected chi connectivity index (χ2v) is 5.05. The average molecular weight is 274 g/mol. The summed E-state index contributed by atoms with van der Waals surface area (Å²) in [4.78, 5) is 6.77. The van der Waals surface area contributed by atoms with Crippen LogP contribution in [0.15, 0.2) is 30.5 Å². The zero-order valence-electron chi connectivity index (χ0n) is 12.3. The molecule has 1 N–H and O–H groups in total. The van der Waals surface area contributed by atoms with Crippen molar-refractivity contribution in [1.29, 1.82) is 0 Å². The topological polar surface area (TPSA) is 45.6 Å². The van der Waals surface area contributed by atoms with Crippen LogP contribution in [-0.4, -0.2) is 36.4 Å². The molecular formula is C16H22N2O2. The molecule has 0 spiro atoms. The zero-order chi connectivity index (χ0) is 14.5. The lowest BCUT2D eigenvalue weighted by Gasteiger charge is -2.29. The van der Waals surface area contributed by atoms with Crippen molar-refractivity contribution in [3.05, 3.63) is 30.5 Å². The number of aromatic nitrogens is 1. The van der Waals surface area contributed by atoms with Gasteiger partial charge in [-0.25, -0.2) is 4.98 Å². The highest BCUT2D eigenvalue weighted by Crippen LogP contribution is 2.31. The maximum Gasteiger partial charge on any atom is 0.136 e. The first kappa shape index (κ1) is 14.6. The Hall–Kier alpha value is -1.81. The van der Waals surface area contributed by atoms with E-state index in [1.165, 1.54) is 0 Å². The fourth-order valence-electron chi connectivity index (χ4n) is 2.42. The Kier molecular flexibility index (Phi) is 4.79. The van der Waals surface area contributed by atoms with E-state index in [0.717, 1.165) is 35.3 Å². The number of fused-ring (bicyclic) bond motifs is 1. The normalized spacial score (nSPS) is 11.1. The number of hydrogen-bond acceptors (Lipinski definition) is 4. The summed E-state index contributed by atoms with van der Waals surface area (Å²) in [5.74, 6) is 1.81. The van der Waals surface area contributed by atoms with Crippen LogP contribution in [0.5, 0.6) is 5.75 Å². The Morgan fingerprint density at radius 1 is 1.25 bits per heavy atom. The Labute approximate surface area is 120 Å². The summed E-state index contributed by atoms with van der Waals surface area (Å²) in [6.45, 7) is 5.25. The largest absolute Gasteiger partial charge is 0.496 e. The molecule has 2 rings (SSSR count). The fraction of sp³-hybridized carbons (Fsp3) is 0.438. The number of aliphatic hydroxyl groups excluding tert-OH is 1. The Bertz CT molecular complexity index is 569. The first-order valence-electron chi connectivity index (χ1n) is 6.98. The van der Waals surface area contributed by atoms with Gasteiger partial charge in [-0.1, -0.05) is 12.1 Å². The van der Waals surface area contributed by atoms with E-state index in [-0.39, 0.29) is 6.61 Å². The van der Waals surface area contributed by atoms with Crippen molar-refractivity contribution >= 4 is 16.6 Å². The smallest absolute Gasteiger partial charge is 0.136 e. The van der Waals surface area contributed by atoms with E-state index in [1.807, 2.05) is 24.4 Å². The van der Waals surface area contributed by atoms with Gasteiger partial charge in [0.15, 0.2) is 0 Å². The molecule has 1 aromatic heterocycles. The van der Waals surface area contributed by atoms with E-state index < -0.39 is 0 Å². The third kappa shape index (κ3) is 2.85. The van der Waals surface area contributed by atoms with Gasteiger partial charge in [-0.15, -0.1) is 0 Å². The van der Waals surface area contributed by atoms with Gasteiger partial charge >= 0.3 is 0 Å². The monoisotopic (exact) mass is 274 g/mol. The molecular weight excluding hydrogens is 252 g/mol. The van der Waals surface area contributed by atoms with Crippen molar-refractivity contribution in [2.24, 2.45) is 0 Å². The second kappa shape index (κ2) is 6.57. The van der Waals surface area contributed by atoms with Gasteiger partial charge < -0.3 is 14.7 Å². The minimum Gasteiger partial charge on any atom is -0.496 e. The van der Waals surface area contributed by atoms with Gasteiger partial charge in [0.2, 0.25) is 0 Å². The fourth-order valence-corrected chi connectivity index (χ4v) is 2.42. The summed E-state index contributed by atoms with van der Waals surface area (Å²) >= 11 is 0. The molecule has 0 saturated heterocycles. The van der Waals surface area contributed by atoms with Crippen LogP contribution in [0.25, 0.3) is 10.8 Å². The number of pyridine rings is 1. The molecule has 0 fully saturated rings. The lowest BCUT2D eigenvalue weighted by Crippen LogP contribution is -2.33. The molecule has 2 aromatic rings. The molecule has 0 unspecified atom stereocenters. The first-order valence-corrected chi connectivity index (χ1v) is 6.98. The SMILES string of the molecule is COc1cccc2c(N(CCCO)C(C)C)nccc12. The number of aliphatic hydroxyl groups is 1. The Morgan fingerprint density at radius 2 is 2.05 bits per heavy atom. The highest BCUT2D eigenvalue weighted by molar-refractivity contribution is 5.96. The minimum atomic E-state index is 0.192. The summed E-state index contributed by atoms with van der Waals surface area (Å²) in [5.41, 5.74) is 0. The average Bonchev–Trinajstić information content (AvgIpc) is 2.46. The van der Waals surface area contributed by atoms with Crippen molar-refractivity contribution in [3.8, 4) is 5.75 Å². The maximum absolute atomic E-state index is 9.07. The third-order valence-corrected chi connectivity index (χ3v) is 3.42. The van der Waals surface area contributed by atoms with Crippen LogP contribution in [0.2, 0.25) is 0 Å². The van der Waals surface area contributed by atoms with E-state index in [9.17, 15) is 0 Å². The highest BCUT2D eigenvalue weighted by atomic mass is 16.5. The second-order valence-electron chi connectivity index (χ2n) is 5.05. The van der Waals surface area contributed by atoms with Crippen molar-refractivity contribution in [2.75, 3.05) is 25.2 Å². The van der Waals surface area contributed by atoms with Crippen LogP contribution in [-0.2, 0) is 0 Å². The van der Waals surface area contributed by atoms with Gasteiger partial charge in [0, 0.05) is 36.2 Å². The van der Waals surface area contributed by atoms with E-state index in [2.05, 4.69) is 29.8 Å². The number of rotatable bonds is 6. The molecule has 0 atom stereocenters. The molecule has 0 aliphatic heterocycles. The zero-order valence-corrected chi connectivity index (χ0v) is 12.3. The molecule has 1 heterocycles. The summed E-state index contributed by atoms with van der Waals surface area (Å²) < 4.78 is 5.42. The molecule has 0 radical (unpaired) electrons. The molecule has 20 heavy (non-hydrogen) atoms. The molecule has 1 aromatic carbocycles. The van der Waals surface area contributed by atoms with E-state index in [0.29, 0.717) is 6.04 Å². The Balaban J connectivity index is 2.52. The van der Waals surface area contributed by atoms with Gasteiger partial charge in [0.05, 0.1) is 7.11 Å². The lowest BCUT2D eigenvalue weighted by molar-refractivity contribution is 0.288. The van der Waals surface area contributed by atoms with Crippen LogP contribution >= 0.6 is 0 Å². The predicted molar refractivity (Wildman–Crippen MR) is 82.5 cm³/mol. The number of nitrogens with zero attached hydrogens (tertiary/aromatic N) is 2. The van der Waals surface area contributed by atoms with Crippen LogP contribution < -0.4 is 9.64 Å². The summed E-state index contributed by atoms with van der Waals surface area (Å²) in [5, 5.41) is 11.2. The molecule has 4 heteroatoms. The standard InChI is InChI=1S/C16H22N2O2/c1-12(2)18(10-5-11-19)16-14-6-4-7-15(20-3)13(14)8-9-17-16/h4,6-9,12,19H,5,10-11H2,1-3H3. The van der Waals surface area contributed by atoms with Gasteiger partial charge in [-0.05, 0) is 32.4 Å². The lowest BCUT2D eigenvalue weighted by atomic mass is 10.1. The van der Waals surface area contributed by atoms with Gasteiger partial charge in [-0.3, -0.25) is 0 Å². The third-order valence-electron chi connectivity index (χ3n) is 3.42. The van der Waals surface area contributed by atoms with E-state index >= 15 is 0 Å². The van der Waals surface area contributed by atoms with Crippen molar-refractivity contribution in [1.82, 2.24) is 4.98 Å². The first-order chi connectivity index (χ1) is 9.69. The summed E-state index contributed by atoms with van der Waals surface area (Å²) in [6.07, 6.45) is 2.55. The van der Waals surface area contributed by atoms with E-state index in [1.54, 1.807) is 7.11 Å². The number of ether oxygens (including phenoxy) is 1. The number of benzene rings is 1.